The fraction of sp³-hybridized carbons (Fsp3) is 0.200. The summed E-state index contributed by atoms with van der Waals surface area (Å²) < 4.78 is 0. The Hall–Kier alpha value is -2.22. The molecule has 74 valence electrons. The quantitative estimate of drug-likeness (QED) is 0.611. The number of nitriles is 1. The zero-order chi connectivity index (χ0) is 10.8. The molecule has 0 unspecified atom stereocenters. The molecule has 1 saturated heterocycles. The van der Waals surface area contributed by atoms with E-state index in [-0.39, 0.29) is 30.3 Å². The second-order valence-electron chi connectivity index (χ2n) is 3.21. The van der Waals surface area contributed by atoms with Crippen LogP contribution < -0.4 is 4.90 Å². The highest BCUT2D eigenvalue weighted by Crippen LogP contribution is 2.18. The summed E-state index contributed by atoms with van der Waals surface area (Å²) in [5.74, 6) is -0.309. The van der Waals surface area contributed by atoms with Gasteiger partial charge in [-0.25, -0.2) is 4.98 Å². The van der Waals surface area contributed by atoms with Crippen LogP contribution in [0.2, 0.25) is 0 Å². The lowest BCUT2D eigenvalue weighted by atomic mass is 10.3. The highest BCUT2D eigenvalue weighted by Gasteiger charge is 2.28. The van der Waals surface area contributed by atoms with Gasteiger partial charge in [0.25, 0.3) is 0 Å². The van der Waals surface area contributed by atoms with E-state index in [1.54, 1.807) is 6.07 Å². The number of Topliss-reactive ketones (excluding diaryl/α,β-unsaturated/α-hetero) is 1. The first-order valence-corrected chi connectivity index (χ1v) is 4.39. The van der Waals surface area contributed by atoms with Crippen molar-refractivity contribution in [2.75, 3.05) is 11.4 Å². The predicted molar refractivity (Wildman–Crippen MR) is 50.9 cm³/mol. The van der Waals surface area contributed by atoms with Crippen LogP contribution in [0.3, 0.4) is 0 Å². The number of hydrogen-bond acceptors (Lipinski definition) is 4. The van der Waals surface area contributed by atoms with Gasteiger partial charge >= 0.3 is 0 Å². The number of rotatable bonds is 1. The van der Waals surface area contributed by atoms with Crippen LogP contribution >= 0.6 is 0 Å². The van der Waals surface area contributed by atoms with Crippen molar-refractivity contribution in [3.05, 3.63) is 24.0 Å². The van der Waals surface area contributed by atoms with Crippen molar-refractivity contribution in [1.82, 2.24) is 4.98 Å². The maximum absolute atomic E-state index is 11.4. The van der Waals surface area contributed by atoms with Gasteiger partial charge in [0.15, 0.2) is 5.78 Å². The molecular weight excluding hydrogens is 194 g/mol. The second-order valence-corrected chi connectivity index (χ2v) is 3.21. The van der Waals surface area contributed by atoms with E-state index in [0.29, 0.717) is 5.69 Å². The number of anilines is 1. The summed E-state index contributed by atoms with van der Waals surface area (Å²) in [6.45, 7) is 0.104. The third-order valence-electron chi connectivity index (χ3n) is 2.16. The summed E-state index contributed by atoms with van der Waals surface area (Å²) in [4.78, 5) is 27.6. The van der Waals surface area contributed by atoms with Crippen LogP contribution in [0.4, 0.5) is 5.69 Å². The molecule has 5 heteroatoms. The van der Waals surface area contributed by atoms with Crippen molar-refractivity contribution in [3.8, 4) is 6.07 Å². The third-order valence-corrected chi connectivity index (χ3v) is 2.16. The van der Waals surface area contributed by atoms with E-state index < -0.39 is 0 Å². The van der Waals surface area contributed by atoms with Gasteiger partial charge < -0.3 is 4.90 Å². The van der Waals surface area contributed by atoms with Gasteiger partial charge in [-0.3, -0.25) is 9.59 Å². The summed E-state index contributed by atoms with van der Waals surface area (Å²) >= 11 is 0. The van der Waals surface area contributed by atoms with E-state index >= 15 is 0 Å². The summed E-state index contributed by atoms with van der Waals surface area (Å²) in [5.41, 5.74) is 0.849. The average molecular weight is 201 g/mol. The number of amides is 1. The van der Waals surface area contributed by atoms with Crippen molar-refractivity contribution in [2.24, 2.45) is 0 Å². The first-order chi connectivity index (χ1) is 7.20. The standard InChI is InChI=1S/C10H7N3O2/c11-4-7-1-2-8(5-12-7)13-6-9(14)3-10(13)15/h1-2,5H,3,6H2. The van der Waals surface area contributed by atoms with Crippen molar-refractivity contribution in [1.29, 1.82) is 5.26 Å². The molecule has 1 aliphatic rings. The molecule has 1 aromatic rings. The molecule has 15 heavy (non-hydrogen) atoms. The largest absolute Gasteiger partial charge is 0.303 e. The van der Waals surface area contributed by atoms with Gasteiger partial charge in [0.05, 0.1) is 24.8 Å². The molecule has 0 aromatic carbocycles. The number of ketones is 1. The fourth-order valence-corrected chi connectivity index (χ4v) is 1.43. The molecular formula is C10H7N3O2. The van der Waals surface area contributed by atoms with Gasteiger partial charge in [-0.2, -0.15) is 5.26 Å². The van der Waals surface area contributed by atoms with Gasteiger partial charge in [0, 0.05) is 0 Å². The van der Waals surface area contributed by atoms with Crippen LogP contribution in [0, 0.1) is 11.3 Å². The van der Waals surface area contributed by atoms with Crippen LogP contribution in [0.15, 0.2) is 18.3 Å². The lowest BCUT2D eigenvalue weighted by Crippen LogP contribution is -2.24. The molecule has 0 radical (unpaired) electrons. The Bertz CT molecular complexity index is 459. The normalized spacial score (nSPS) is 15.5. The SMILES string of the molecule is N#Cc1ccc(N2CC(=O)CC2=O)cn1. The third kappa shape index (κ3) is 1.70. The van der Waals surface area contributed by atoms with Crippen molar-refractivity contribution < 1.29 is 9.59 Å². The monoisotopic (exact) mass is 201 g/mol. The van der Waals surface area contributed by atoms with Crippen molar-refractivity contribution in [2.45, 2.75) is 6.42 Å². The number of carbonyl (C=O) groups excluding carboxylic acids is 2. The van der Waals surface area contributed by atoms with Crippen molar-refractivity contribution in [3.63, 3.8) is 0 Å². The molecule has 0 saturated carbocycles. The number of hydrogen-bond donors (Lipinski definition) is 0. The smallest absolute Gasteiger partial charge is 0.234 e. The highest BCUT2D eigenvalue weighted by atomic mass is 16.2. The highest BCUT2D eigenvalue weighted by molar-refractivity contribution is 6.14. The zero-order valence-electron chi connectivity index (χ0n) is 7.80. The minimum atomic E-state index is -0.216. The number of carbonyl (C=O) groups is 2. The molecule has 1 aliphatic heterocycles. The second kappa shape index (κ2) is 3.50. The Morgan fingerprint density at radius 3 is 2.67 bits per heavy atom. The van der Waals surface area contributed by atoms with E-state index in [9.17, 15) is 9.59 Å². The maximum Gasteiger partial charge on any atom is 0.234 e. The number of nitrogens with zero attached hydrogens (tertiary/aromatic N) is 3. The summed E-state index contributed by atoms with van der Waals surface area (Å²) in [7, 11) is 0. The summed E-state index contributed by atoms with van der Waals surface area (Å²) in [6, 6.07) is 5.02. The first-order valence-electron chi connectivity index (χ1n) is 4.39. The average Bonchev–Trinajstić information content (AvgIpc) is 2.58. The van der Waals surface area contributed by atoms with E-state index in [4.69, 9.17) is 5.26 Å². The Morgan fingerprint density at radius 1 is 1.40 bits per heavy atom. The van der Waals surface area contributed by atoms with Crippen LogP contribution in [0.5, 0.6) is 0 Å². The zero-order valence-corrected chi connectivity index (χ0v) is 7.80. The molecule has 2 heterocycles. The minimum Gasteiger partial charge on any atom is -0.303 e. The molecule has 0 spiro atoms. The van der Waals surface area contributed by atoms with Crippen LogP contribution in [-0.4, -0.2) is 23.2 Å². The predicted octanol–water partition coefficient (Wildman–Crippen LogP) is 0.259. The van der Waals surface area contributed by atoms with Gasteiger partial charge in [0.2, 0.25) is 5.91 Å². The first kappa shape index (κ1) is 9.34. The van der Waals surface area contributed by atoms with E-state index in [1.165, 1.54) is 17.2 Å². The molecule has 0 atom stereocenters. The van der Waals surface area contributed by atoms with Gasteiger partial charge in [-0.05, 0) is 12.1 Å². The topological polar surface area (TPSA) is 74.1 Å². The Kier molecular flexibility index (Phi) is 2.18. The van der Waals surface area contributed by atoms with Crippen LogP contribution in [0.1, 0.15) is 12.1 Å². The minimum absolute atomic E-state index is 0.0417. The molecule has 0 N–H and O–H groups in total. The van der Waals surface area contributed by atoms with Gasteiger partial charge in [-0.15, -0.1) is 0 Å². The van der Waals surface area contributed by atoms with Crippen LogP contribution in [-0.2, 0) is 9.59 Å². The molecule has 1 amide bonds. The van der Waals surface area contributed by atoms with E-state index in [0.717, 1.165) is 0 Å². The van der Waals surface area contributed by atoms with Gasteiger partial charge in [0.1, 0.15) is 11.8 Å². The molecule has 1 fully saturated rings. The molecule has 0 bridgehead atoms. The Balaban J connectivity index is 2.27. The number of pyridine rings is 1. The lowest BCUT2D eigenvalue weighted by Gasteiger charge is -2.13. The summed E-state index contributed by atoms with van der Waals surface area (Å²) in [6.07, 6.45) is 1.38. The van der Waals surface area contributed by atoms with Crippen LogP contribution in [0.25, 0.3) is 0 Å². The number of aromatic nitrogens is 1. The molecule has 5 nitrogen and oxygen atoms in total. The Labute approximate surface area is 85.9 Å². The molecule has 2 rings (SSSR count). The van der Waals surface area contributed by atoms with Crippen molar-refractivity contribution >= 4 is 17.4 Å². The van der Waals surface area contributed by atoms with Gasteiger partial charge in [-0.1, -0.05) is 0 Å². The Morgan fingerprint density at radius 2 is 2.20 bits per heavy atom. The van der Waals surface area contributed by atoms with E-state index in [2.05, 4.69) is 4.98 Å². The van der Waals surface area contributed by atoms with E-state index in [1.807, 2.05) is 6.07 Å². The summed E-state index contributed by atoms with van der Waals surface area (Å²) in [5, 5.41) is 8.54. The maximum atomic E-state index is 11.4. The molecule has 0 aliphatic carbocycles. The fourth-order valence-electron chi connectivity index (χ4n) is 1.43. The lowest BCUT2D eigenvalue weighted by molar-refractivity contribution is -0.121. The molecule has 1 aromatic heterocycles.